The molecular weight excluding hydrogens is 512 g/mol. The number of aliphatic carboxylic acids is 1. The summed E-state index contributed by atoms with van der Waals surface area (Å²) in [6.45, 7) is 3.49. The fourth-order valence-electron chi connectivity index (χ4n) is 7.05. The van der Waals surface area contributed by atoms with Crippen LogP contribution >= 0.6 is 46.9 Å². The summed E-state index contributed by atoms with van der Waals surface area (Å²) in [6, 6.07) is 6.75. The first-order valence-corrected chi connectivity index (χ1v) is 13.9. The molecule has 10 heteroatoms. The lowest BCUT2D eigenvalue weighted by Gasteiger charge is -2.43. The predicted octanol–water partition coefficient (Wildman–Crippen LogP) is 5.04. The molecule has 2 bridgehead atoms. The monoisotopic (exact) mass is 534 g/mol. The quantitative estimate of drug-likeness (QED) is 0.422. The number of thiazole rings is 1. The van der Waals surface area contributed by atoms with E-state index in [0.717, 1.165) is 25.9 Å². The number of carbonyl (C=O) groups is 3. The van der Waals surface area contributed by atoms with Crippen LogP contribution in [0.15, 0.2) is 29.3 Å². The number of aromatic amines is 1. The van der Waals surface area contributed by atoms with Crippen LogP contribution in [0.4, 0.5) is 0 Å². The molecule has 2 N–H and O–H groups in total. The van der Waals surface area contributed by atoms with Gasteiger partial charge < -0.3 is 10.1 Å². The van der Waals surface area contributed by atoms with Gasteiger partial charge in [0.05, 0.1) is 16.9 Å². The second-order valence-corrected chi connectivity index (χ2v) is 13.4. The van der Waals surface area contributed by atoms with E-state index in [0.29, 0.717) is 5.02 Å². The fourth-order valence-corrected chi connectivity index (χ4v) is 10.5. The van der Waals surface area contributed by atoms with Gasteiger partial charge in [-0.3, -0.25) is 14.5 Å². The van der Waals surface area contributed by atoms with Crippen LogP contribution in [0.5, 0.6) is 0 Å². The van der Waals surface area contributed by atoms with Gasteiger partial charge in [-0.25, -0.2) is 4.79 Å². The molecular formula is C24H23ClN2O4S3. The van der Waals surface area contributed by atoms with E-state index in [4.69, 9.17) is 23.8 Å². The number of hydrogen-bond donors (Lipinski definition) is 2. The number of thioether (sulfide) groups is 1. The van der Waals surface area contributed by atoms with Crippen molar-refractivity contribution in [3.05, 3.63) is 43.7 Å². The van der Waals surface area contributed by atoms with Crippen molar-refractivity contribution in [2.75, 3.05) is 0 Å². The van der Waals surface area contributed by atoms with Crippen LogP contribution in [0.25, 0.3) is 0 Å². The molecule has 6 rings (SSSR count). The van der Waals surface area contributed by atoms with Crippen LogP contribution in [0.1, 0.15) is 36.6 Å². The second kappa shape index (κ2) is 7.91. The third kappa shape index (κ3) is 3.06. The van der Waals surface area contributed by atoms with Crippen molar-refractivity contribution in [3.63, 3.8) is 0 Å². The maximum Gasteiger partial charge on any atom is 0.327 e. The third-order valence-corrected chi connectivity index (χ3v) is 11.3. The Bertz CT molecular complexity index is 1270. The van der Waals surface area contributed by atoms with Gasteiger partial charge in [-0.1, -0.05) is 37.6 Å². The lowest BCUT2D eigenvalue weighted by Crippen LogP contribution is -2.49. The van der Waals surface area contributed by atoms with Gasteiger partial charge in [0, 0.05) is 21.1 Å². The number of fused-ring (bicyclic) bond motifs is 9. The normalized spacial score (nSPS) is 34.4. The number of hydrogen-bond acceptors (Lipinski definition) is 6. The number of carboxylic acid groups (broad SMARTS) is 1. The van der Waals surface area contributed by atoms with Crippen molar-refractivity contribution in [2.24, 2.45) is 35.5 Å². The predicted molar refractivity (Wildman–Crippen MR) is 133 cm³/mol. The van der Waals surface area contributed by atoms with Crippen molar-refractivity contribution in [3.8, 4) is 0 Å². The number of nitrogens with one attached hydrogen (secondary N) is 1. The average molecular weight is 535 g/mol. The molecule has 0 radical (unpaired) electrons. The van der Waals surface area contributed by atoms with Gasteiger partial charge >= 0.3 is 5.97 Å². The zero-order valence-electron chi connectivity index (χ0n) is 18.4. The van der Waals surface area contributed by atoms with Crippen molar-refractivity contribution in [1.29, 1.82) is 0 Å². The van der Waals surface area contributed by atoms with E-state index >= 15 is 0 Å². The number of H-pyrrole nitrogens is 1. The highest BCUT2D eigenvalue weighted by molar-refractivity contribution is 8.00. The zero-order valence-corrected chi connectivity index (χ0v) is 21.6. The van der Waals surface area contributed by atoms with E-state index in [1.165, 1.54) is 4.88 Å². The van der Waals surface area contributed by atoms with Crippen molar-refractivity contribution < 1.29 is 19.5 Å². The molecule has 1 aromatic carbocycles. The van der Waals surface area contributed by atoms with E-state index in [1.54, 1.807) is 36.9 Å². The van der Waals surface area contributed by atoms with E-state index < -0.39 is 23.8 Å². The first-order valence-electron chi connectivity index (χ1n) is 11.4. The average Bonchev–Trinajstić information content (AvgIpc) is 3.49. The molecule has 2 aliphatic carbocycles. The Morgan fingerprint density at radius 1 is 1.18 bits per heavy atom. The first-order chi connectivity index (χ1) is 16.2. The van der Waals surface area contributed by atoms with E-state index in [9.17, 15) is 19.5 Å². The Kier molecular flexibility index (Phi) is 5.30. The van der Waals surface area contributed by atoms with Gasteiger partial charge in [-0.05, 0) is 60.0 Å². The largest absolute Gasteiger partial charge is 0.480 e. The summed E-state index contributed by atoms with van der Waals surface area (Å²) in [5.41, 5.74) is 1.13. The Morgan fingerprint density at radius 3 is 2.44 bits per heavy atom. The van der Waals surface area contributed by atoms with Crippen LogP contribution in [-0.4, -0.2) is 44.1 Å². The first kappa shape index (κ1) is 22.8. The van der Waals surface area contributed by atoms with Crippen LogP contribution in [0, 0.1) is 39.5 Å². The minimum Gasteiger partial charge on any atom is -0.480 e. The Morgan fingerprint density at radius 2 is 1.82 bits per heavy atom. The molecule has 4 aliphatic rings. The molecule has 3 heterocycles. The van der Waals surface area contributed by atoms with Crippen LogP contribution in [-0.2, 0) is 14.4 Å². The molecule has 34 heavy (non-hydrogen) atoms. The van der Waals surface area contributed by atoms with Crippen molar-refractivity contribution in [2.45, 2.75) is 42.5 Å². The van der Waals surface area contributed by atoms with Crippen LogP contribution in [0.3, 0.4) is 0 Å². The molecule has 8 unspecified atom stereocenters. The van der Waals surface area contributed by atoms with E-state index in [1.807, 2.05) is 24.3 Å². The Labute approximate surface area is 215 Å². The van der Waals surface area contributed by atoms with E-state index in [-0.39, 0.29) is 46.7 Å². The van der Waals surface area contributed by atoms with Crippen molar-refractivity contribution >= 4 is 64.7 Å². The lowest BCUT2D eigenvalue weighted by atomic mass is 9.68. The van der Waals surface area contributed by atoms with Gasteiger partial charge in [0.25, 0.3) is 0 Å². The SMILES string of the molecule is CC(C)C(C(=O)O)N1C(=O)C2C3CC(C2C1=O)C1C(c2ccc(Cl)cc2)c2sc(=S)[nH]c2SC31. The highest BCUT2D eigenvalue weighted by Crippen LogP contribution is 2.69. The number of aromatic nitrogens is 1. The summed E-state index contributed by atoms with van der Waals surface area (Å²) in [7, 11) is 0. The number of rotatable bonds is 4. The highest BCUT2D eigenvalue weighted by atomic mass is 35.5. The summed E-state index contributed by atoms with van der Waals surface area (Å²) in [4.78, 5) is 44.8. The second-order valence-electron chi connectivity index (χ2n) is 10.1. The van der Waals surface area contributed by atoms with Gasteiger partial charge in [-0.15, -0.1) is 23.1 Å². The number of benzene rings is 1. The third-order valence-electron chi connectivity index (χ3n) is 8.15. The molecule has 0 spiro atoms. The maximum absolute atomic E-state index is 13.6. The Balaban J connectivity index is 1.44. The van der Waals surface area contributed by atoms with Crippen LogP contribution < -0.4 is 0 Å². The van der Waals surface area contributed by atoms with Crippen LogP contribution in [0.2, 0.25) is 5.02 Å². The molecule has 3 fully saturated rings. The number of imide groups is 1. The molecule has 6 nitrogen and oxygen atoms in total. The number of carbonyl (C=O) groups excluding carboxylic acids is 2. The molecule has 178 valence electrons. The number of likely N-dealkylation sites (tertiary alicyclic amines) is 1. The van der Waals surface area contributed by atoms with E-state index in [2.05, 4.69) is 4.98 Å². The highest BCUT2D eigenvalue weighted by Gasteiger charge is 2.70. The van der Waals surface area contributed by atoms with Gasteiger partial charge in [0.2, 0.25) is 11.8 Å². The standard InChI is InChI=1S/C24H23ClN2O4S3/c1-8(2)17(23(30)31)27-21(28)15-11-7-12(16(15)22(27)29)18-14(11)13(9-3-5-10(25)6-4-9)19-20(33-18)26-24(32)34-19/h3-6,8,11-18H,7H2,1-2H3,(H,26,32)(H,30,31). The number of amides is 2. The fraction of sp³-hybridized carbons (Fsp3) is 0.500. The minimum atomic E-state index is -1.12. The summed E-state index contributed by atoms with van der Waals surface area (Å²) < 4.78 is 0.725. The number of halogens is 1. The summed E-state index contributed by atoms with van der Waals surface area (Å²) in [6.07, 6.45) is 0.822. The molecule has 2 amide bonds. The Hall–Kier alpha value is -1.68. The summed E-state index contributed by atoms with van der Waals surface area (Å²) in [5.74, 6) is -2.64. The topological polar surface area (TPSA) is 90.5 Å². The smallest absolute Gasteiger partial charge is 0.327 e. The maximum atomic E-state index is 13.6. The summed E-state index contributed by atoms with van der Waals surface area (Å²) >= 11 is 15.0. The molecule has 2 aromatic rings. The zero-order chi connectivity index (χ0) is 24.0. The van der Waals surface area contributed by atoms with Gasteiger partial charge in [0.15, 0.2) is 3.95 Å². The molecule has 1 saturated heterocycles. The number of nitrogens with zero attached hydrogens (tertiary/aromatic N) is 1. The minimum absolute atomic E-state index is 0.0278. The molecule has 8 atom stereocenters. The summed E-state index contributed by atoms with van der Waals surface area (Å²) in [5, 5.41) is 11.7. The molecule has 2 aliphatic heterocycles. The lowest BCUT2D eigenvalue weighted by molar-refractivity contribution is -0.157. The molecule has 1 aromatic heterocycles. The van der Waals surface area contributed by atoms with Gasteiger partial charge in [-0.2, -0.15) is 0 Å². The number of carboxylic acids is 1. The van der Waals surface area contributed by atoms with Crippen molar-refractivity contribution in [1.82, 2.24) is 9.88 Å². The van der Waals surface area contributed by atoms with Gasteiger partial charge in [0.1, 0.15) is 6.04 Å². The molecule has 2 saturated carbocycles.